The van der Waals surface area contributed by atoms with Crippen LogP contribution in [0.15, 0.2) is 29.3 Å². The van der Waals surface area contributed by atoms with Gasteiger partial charge in [0, 0.05) is 18.4 Å². The summed E-state index contributed by atoms with van der Waals surface area (Å²) in [6.07, 6.45) is 7.91. The summed E-state index contributed by atoms with van der Waals surface area (Å²) in [5, 5.41) is 19.4. The van der Waals surface area contributed by atoms with Gasteiger partial charge in [0.1, 0.15) is 11.3 Å². The van der Waals surface area contributed by atoms with Crippen molar-refractivity contribution in [2.75, 3.05) is 6.79 Å². The van der Waals surface area contributed by atoms with Gasteiger partial charge in [-0.3, -0.25) is 4.79 Å². The number of aromatic hydroxyl groups is 1. The van der Waals surface area contributed by atoms with Crippen LogP contribution in [-0.4, -0.2) is 31.5 Å². The normalized spacial score (nSPS) is 10.6. The molecular weight excluding hydrogens is 353 g/mol. The molecule has 1 aromatic carbocycles. The lowest BCUT2D eigenvalue weighted by Crippen LogP contribution is -2.21. The molecule has 25 heavy (non-hydrogen) atoms. The minimum Gasteiger partial charge on any atom is -0.505 e. The standard InChI is InChI=1S/C16H9ClFN3O4/c1-2-21-15-12(19-5-6-20-15)13(23)11(16(21)24)10-9(18)4-3-8(17)14(10)25-7-22/h1,3-6,22-23H,7H2. The largest absolute Gasteiger partial charge is 0.505 e. The highest BCUT2D eigenvalue weighted by atomic mass is 35.5. The molecule has 0 saturated heterocycles. The summed E-state index contributed by atoms with van der Waals surface area (Å²) in [6.45, 7) is -0.826. The zero-order chi connectivity index (χ0) is 18.1. The van der Waals surface area contributed by atoms with Crippen molar-refractivity contribution < 1.29 is 19.3 Å². The monoisotopic (exact) mass is 361 g/mol. The van der Waals surface area contributed by atoms with E-state index in [1.165, 1.54) is 18.5 Å². The summed E-state index contributed by atoms with van der Waals surface area (Å²) in [7, 11) is 0. The van der Waals surface area contributed by atoms with Crippen LogP contribution in [0.1, 0.15) is 0 Å². The topological polar surface area (TPSA) is 97.5 Å². The Morgan fingerprint density at radius 3 is 2.72 bits per heavy atom. The Balaban J connectivity index is 2.53. The number of aromatic nitrogens is 3. The predicted octanol–water partition coefficient (Wildman–Crippen LogP) is 1.72. The first-order chi connectivity index (χ1) is 12.0. The van der Waals surface area contributed by atoms with Crippen LogP contribution in [0.5, 0.6) is 11.5 Å². The van der Waals surface area contributed by atoms with Gasteiger partial charge in [0.25, 0.3) is 5.56 Å². The molecule has 0 fully saturated rings. The summed E-state index contributed by atoms with van der Waals surface area (Å²) < 4.78 is 20.2. The van der Waals surface area contributed by atoms with E-state index in [-0.39, 0.29) is 21.9 Å². The van der Waals surface area contributed by atoms with E-state index in [9.17, 15) is 14.3 Å². The van der Waals surface area contributed by atoms with Gasteiger partial charge < -0.3 is 14.9 Å². The predicted molar refractivity (Wildman–Crippen MR) is 87.8 cm³/mol. The molecule has 9 heteroatoms. The third kappa shape index (κ3) is 2.55. The van der Waals surface area contributed by atoms with Crippen molar-refractivity contribution in [2.24, 2.45) is 0 Å². The van der Waals surface area contributed by atoms with Crippen molar-refractivity contribution in [3.05, 3.63) is 45.7 Å². The maximum absolute atomic E-state index is 14.5. The Bertz CT molecular complexity index is 1090. The second kappa shape index (κ2) is 6.39. The first kappa shape index (κ1) is 16.7. The van der Waals surface area contributed by atoms with Crippen molar-refractivity contribution in [2.45, 2.75) is 0 Å². The lowest BCUT2D eigenvalue weighted by atomic mass is 10.0. The van der Waals surface area contributed by atoms with Crippen LogP contribution in [0, 0.1) is 18.3 Å². The highest BCUT2D eigenvalue weighted by molar-refractivity contribution is 6.32. The van der Waals surface area contributed by atoms with E-state index < -0.39 is 35.0 Å². The van der Waals surface area contributed by atoms with Gasteiger partial charge in [0.05, 0.1) is 16.1 Å². The average molecular weight is 362 g/mol. The van der Waals surface area contributed by atoms with E-state index in [4.69, 9.17) is 27.9 Å². The maximum Gasteiger partial charge on any atom is 0.276 e. The van der Waals surface area contributed by atoms with Crippen molar-refractivity contribution >= 4 is 22.8 Å². The molecule has 3 rings (SSSR count). The number of pyridine rings is 1. The van der Waals surface area contributed by atoms with Crippen LogP contribution in [-0.2, 0) is 0 Å². The molecule has 0 aliphatic heterocycles. The minimum atomic E-state index is -0.919. The number of fused-ring (bicyclic) bond motifs is 1. The fourth-order valence-electron chi connectivity index (χ4n) is 2.41. The lowest BCUT2D eigenvalue weighted by molar-refractivity contribution is 0.0989. The number of rotatable bonds is 3. The molecule has 3 aromatic rings. The van der Waals surface area contributed by atoms with Gasteiger partial charge in [-0.25, -0.2) is 18.9 Å². The summed E-state index contributed by atoms with van der Waals surface area (Å²) in [4.78, 5) is 20.6. The fraction of sp³-hybridized carbons (Fsp3) is 0.0625. The van der Waals surface area contributed by atoms with Crippen LogP contribution in [0.4, 0.5) is 4.39 Å². The Hall–Kier alpha value is -3.15. The molecule has 0 unspecified atom stereocenters. The van der Waals surface area contributed by atoms with E-state index in [2.05, 4.69) is 16.0 Å². The molecule has 2 N–H and O–H groups in total. The van der Waals surface area contributed by atoms with Crippen molar-refractivity contribution in [3.63, 3.8) is 0 Å². The third-order valence-corrected chi connectivity index (χ3v) is 3.71. The summed E-state index contributed by atoms with van der Waals surface area (Å²) in [5.74, 6) is -1.86. The van der Waals surface area contributed by atoms with Crippen molar-refractivity contribution in [3.8, 4) is 35.1 Å². The van der Waals surface area contributed by atoms with E-state index in [0.717, 1.165) is 10.6 Å². The molecule has 0 radical (unpaired) electrons. The second-order valence-electron chi connectivity index (χ2n) is 4.73. The maximum atomic E-state index is 14.5. The SMILES string of the molecule is C#Cn1c(=O)c(-c2c(F)ccc(Cl)c2OCO)c(O)c2nccnc21. The van der Waals surface area contributed by atoms with Gasteiger partial charge in [-0.15, -0.1) is 0 Å². The Morgan fingerprint density at radius 1 is 1.32 bits per heavy atom. The van der Waals surface area contributed by atoms with Crippen molar-refractivity contribution in [1.29, 1.82) is 0 Å². The molecule has 0 aliphatic rings. The van der Waals surface area contributed by atoms with E-state index in [1.54, 1.807) is 0 Å². The third-order valence-electron chi connectivity index (χ3n) is 3.42. The molecule has 2 heterocycles. The number of terminal acetylenes is 1. The molecule has 0 saturated carbocycles. The van der Waals surface area contributed by atoms with Crippen LogP contribution in [0.25, 0.3) is 22.3 Å². The zero-order valence-electron chi connectivity index (χ0n) is 12.4. The Morgan fingerprint density at radius 2 is 2.04 bits per heavy atom. The van der Waals surface area contributed by atoms with Crippen molar-refractivity contribution in [1.82, 2.24) is 14.5 Å². The number of halogens is 2. The number of hydrogen-bond donors (Lipinski definition) is 2. The van der Waals surface area contributed by atoms with Gasteiger partial charge >= 0.3 is 0 Å². The molecule has 0 spiro atoms. The van der Waals surface area contributed by atoms with Gasteiger partial charge in [-0.05, 0) is 12.1 Å². The molecule has 7 nitrogen and oxygen atoms in total. The second-order valence-corrected chi connectivity index (χ2v) is 5.14. The lowest BCUT2D eigenvalue weighted by Gasteiger charge is -2.14. The van der Waals surface area contributed by atoms with E-state index in [0.29, 0.717) is 0 Å². The molecular formula is C16H9ClFN3O4. The molecule has 2 aromatic heterocycles. The molecule has 126 valence electrons. The molecule has 0 bridgehead atoms. The Labute approximate surface area is 144 Å². The van der Waals surface area contributed by atoms with Crippen LogP contribution >= 0.6 is 11.6 Å². The average Bonchev–Trinajstić information content (AvgIpc) is 2.61. The number of ether oxygens (including phenoxy) is 1. The smallest absolute Gasteiger partial charge is 0.276 e. The molecule has 0 amide bonds. The van der Waals surface area contributed by atoms with Gasteiger partial charge in [-0.2, -0.15) is 0 Å². The summed E-state index contributed by atoms with van der Waals surface area (Å²) in [5.41, 5.74) is -2.04. The quantitative estimate of drug-likeness (QED) is 0.544. The minimum absolute atomic E-state index is 0.0664. The number of nitrogens with zero attached hydrogens (tertiary/aromatic N) is 3. The highest BCUT2D eigenvalue weighted by Crippen LogP contribution is 2.41. The molecule has 0 aliphatic carbocycles. The number of aliphatic hydroxyl groups excluding tert-OH is 1. The van der Waals surface area contributed by atoms with Gasteiger partial charge in [-0.1, -0.05) is 18.0 Å². The first-order valence-corrected chi connectivity index (χ1v) is 7.16. The summed E-state index contributed by atoms with van der Waals surface area (Å²) >= 11 is 5.97. The Kier molecular flexibility index (Phi) is 4.27. The van der Waals surface area contributed by atoms with Gasteiger partial charge in [0.15, 0.2) is 23.9 Å². The van der Waals surface area contributed by atoms with E-state index in [1.807, 2.05) is 0 Å². The van der Waals surface area contributed by atoms with Crippen LogP contribution in [0.3, 0.4) is 0 Å². The van der Waals surface area contributed by atoms with E-state index >= 15 is 0 Å². The van der Waals surface area contributed by atoms with Crippen LogP contribution in [0.2, 0.25) is 5.02 Å². The zero-order valence-corrected chi connectivity index (χ0v) is 13.2. The first-order valence-electron chi connectivity index (χ1n) is 6.78. The number of aliphatic hydroxyl groups is 1. The van der Waals surface area contributed by atoms with Crippen LogP contribution < -0.4 is 10.3 Å². The van der Waals surface area contributed by atoms with Gasteiger partial charge in [0.2, 0.25) is 0 Å². The number of hydrogen-bond acceptors (Lipinski definition) is 6. The molecule has 0 atom stereocenters. The fourth-order valence-corrected chi connectivity index (χ4v) is 2.62. The number of benzene rings is 1. The highest BCUT2D eigenvalue weighted by Gasteiger charge is 2.26. The summed E-state index contributed by atoms with van der Waals surface area (Å²) in [6, 6.07) is 4.28.